The van der Waals surface area contributed by atoms with Gasteiger partial charge in [-0.05, 0) is 32.1 Å². The van der Waals surface area contributed by atoms with E-state index < -0.39 is 11.6 Å². The van der Waals surface area contributed by atoms with Gasteiger partial charge in [0.05, 0.1) is 6.61 Å². The van der Waals surface area contributed by atoms with Crippen LogP contribution in [0.2, 0.25) is 0 Å². The van der Waals surface area contributed by atoms with E-state index in [1.807, 2.05) is 13.8 Å². The van der Waals surface area contributed by atoms with Crippen LogP contribution in [0.3, 0.4) is 0 Å². The van der Waals surface area contributed by atoms with Gasteiger partial charge in [0.2, 0.25) is 5.60 Å². The minimum absolute atomic E-state index is 0.328. The molecule has 0 aliphatic rings. The quantitative estimate of drug-likeness (QED) is 0.564. The molecule has 4 nitrogen and oxygen atoms in total. The maximum Gasteiger partial charge on any atom is 0.418 e. The molecule has 0 aromatic carbocycles. The van der Waals surface area contributed by atoms with E-state index in [4.69, 9.17) is 9.47 Å². The highest BCUT2D eigenvalue weighted by molar-refractivity contribution is 5.80. The van der Waals surface area contributed by atoms with Gasteiger partial charge in [-0.1, -0.05) is 33.6 Å². The lowest BCUT2D eigenvalue weighted by molar-refractivity contribution is -0.164. The summed E-state index contributed by atoms with van der Waals surface area (Å²) in [7, 11) is 0. The van der Waals surface area contributed by atoms with Crippen LogP contribution in [0.15, 0.2) is 0 Å². The van der Waals surface area contributed by atoms with E-state index >= 15 is 0 Å². The van der Waals surface area contributed by atoms with Crippen molar-refractivity contribution in [2.75, 3.05) is 6.61 Å². The lowest BCUT2D eigenvalue weighted by Gasteiger charge is -2.25. The van der Waals surface area contributed by atoms with Gasteiger partial charge in [0.15, 0.2) is 0 Å². The molecule has 0 aliphatic heterocycles. The van der Waals surface area contributed by atoms with Crippen molar-refractivity contribution in [2.24, 2.45) is 5.92 Å². The van der Waals surface area contributed by atoms with Crippen molar-refractivity contribution in [3.63, 3.8) is 0 Å². The smallest absolute Gasteiger partial charge is 0.418 e. The zero-order valence-corrected chi connectivity index (χ0v) is 12.0. The van der Waals surface area contributed by atoms with Gasteiger partial charge in [0.1, 0.15) is 0 Å². The van der Waals surface area contributed by atoms with E-state index in [-0.39, 0.29) is 0 Å². The second-order valence-corrected chi connectivity index (χ2v) is 5.01. The van der Waals surface area contributed by atoms with Crippen molar-refractivity contribution in [1.29, 1.82) is 0 Å². The Bertz CT molecular complexity index is 252. The maximum absolute atomic E-state index is 11.9. The number of carbonyl (C=O) groups is 1. The van der Waals surface area contributed by atoms with Crippen molar-refractivity contribution in [1.82, 2.24) is 0 Å². The Balaban J connectivity index is 4.33. The molecule has 0 bridgehead atoms. The van der Waals surface area contributed by atoms with Crippen molar-refractivity contribution in [3.8, 4) is 0 Å². The molecule has 18 heavy (non-hydrogen) atoms. The molecule has 0 aromatic rings. The predicted molar refractivity (Wildman–Crippen MR) is 69.7 cm³/mol. The first kappa shape index (κ1) is 16.9. The van der Waals surface area contributed by atoms with Crippen LogP contribution in [0, 0.1) is 5.92 Å². The Morgan fingerprint density at radius 1 is 1.33 bits per heavy atom. The first-order chi connectivity index (χ1) is 8.50. The average molecular weight is 257 g/mol. The zero-order chi connectivity index (χ0) is 14.0. The Labute approximate surface area is 110 Å². The number of hydrogen-bond acceptors (Lipinski definition) is 4. The average Bonchev–Trinajstić information content (AvgIpc) is 2.34. The standard InChI is InChI=1S/C14H25O4/c1-5-7-9-14(4,18-11-15)13(16)17-10-12(3)8-6-2/h12H,5-10H2,1-4H3. The fourth-order valence-electron chi connectivity index (χ4n) is 1.75. The van der Waals surface area contributed by atoms with E-state index in [9.17, 15) is 9.59 Å². The molecule has 0 amide bonds. The second-order valence-electron chi connectivity index (χ2n) is 5.01. The number of rotatable bonds is 10. The van der Waals surface area contributed by atoms with Crippen LogP contribution in [-0.4, -0.2) is 24.6 Å². The van der Waals surface area contributed by atoms with Crippen molar-refractivity contribution < 1.29 is 19.1 Å². The highest BCUT2D eigenvalue weighted by atomic mass is 16.6. The molecule has 0 fully saturated rings. The Hall–Kier alpha value is -1.06. The summed E-state index contributed by atoms with van der Waals surface area (Å²) < 4.78 is 10.0. The van der Waals surface area contributed by atoms with E-state index in [1.165, 1.54) is 6.47 Å². The molecule has 105 valence electrons. The maximum atomic E-state index is 11.9. The number of hydrogen-bond donors (Lipinski definition) is 0. The third-order valence-corrected chi connectivity index (χ3v) is 2.99. The monoisotopic (exact) mass is 257 g/mol. The van der Waals surface area contributed by atoms with Gasteiger partial charge in [0, 0.05) is 0 Å². The van der Waals surface area contributed by atoms with Gasteiger partial charge in [-0.3, -0.25) is 0 Å². The Morgan fingerprint density at radius 3 is 2.50 bits per heavy atom. The second kappa shape index (κ2) is 8.95. The van der Waals surface area contributed by atoms with E-state index in [1.54, 1.807) is 6.92 Å². The summed E-state index contributed by atoms with van der Waals surface area (Å²) in [5.41, 5.74) is -1.19. The summed E-state index contributed by atoms with van der Waals surface area (Å²) in [5.74, 6) is -0.142. The molecule has 2 atom stereocenters. The molecule has 1 radical (unpaired) electrons. The lowest BCUT2D eigenvalue weighted by atomic mass is 9.99. The topological polar surface area (TPSA) is 52.6 Å². The fraction of sp³-hybridized carbons (Fsp3) is 0.857. The van der Waals surface area contributed by atoms with Crippen LogP contribution >= 0.6 is 0 Å². The van der Waals surface area contributed by atoms with Crippen molar-refractivity contribution >= 4 is 12.4 Å². The van der Waals surface area contributed by atoms with Gasteiger partial charge in [0.25, 0.3) is 0 Å². The molecule has 0 spiro atoms. The van der Waals surface area contributed by atoms with Crippen LogP contribution in [0.1, 0.15) is 59.8 Å². The molecular weight excluding hydrogens is 232 g/mol. The van der Waals surface area contributed by atoms with Gasteiger partial charge >= 0.3 is 12.4 Å². The molecular formula is C14H25O4. The minimum Gasteiger partial charge on any atom is -0.462 e. The minimum atomic E-state index is -1.19. The molecule has 2 unspecified atom stereocenters. The van der Waals surface area contributed by atoms with Crippen LogP contribution < -0.4 is 0 Å². The predicted octanol–water partition coefficient (Wildman–Crippen LogP) is 3.00. The van der Waals surface area contributed by atoms with Gasteiger partial charge in [-0.2, -0.15) is 0 Å². The number of unbranched alkanes of at least 4 members (excludes halogenated alkanes) is 1. The summed E-state index contributed by atoms with van der Waals surface area (Å²) in [6.07, 6.45) is 4.28. The van der Waals surface area contributed by atoms with E-state index in [0.29, 0.717) is 18.9 Å². The Kier molecular flexibility index (Phi) is 8.42. The fourth-order valence-corrected chi connectivity index (χ4v) is 1.75. The van der Waals surface area contributed by atoms with Crippen LogP contribution in [0.25, 0.3) is 0 Å². The summed E-state index contributed by atoms with van der Waals surface area (Å²) in [6, 6.07) is 0. The Morgan fingerprint density at radius 2 is 2.00 bits per heavy atom. The largest absolute Gasteiger partial charge is 0.462 e. The normalized spacial score (nSPS) is 15.6. The number of esters is 1. The van der Waals surface area contributed by atoms with Crippen molar-refractivity contribution in [3.05, 3.63) is 0 Å². The van der Waals surface area contributed by atoms with Gasteiger partial charge in [-0.15, -0.1) is 0 Å². The third-order valence-electron chi connectivity index (χ3n) is 2.99. The highest BCUT2D eigenvalue weighted by Crippen LogP contribution is 2.20. The summed E-state index contributed by atoms with van der Waals surface area (Å²) >= 11 is 0. The lowest BCUT2D eigenvalue weighted by Crippen LogP contribution is -2.40. The molecule has 0 N–H and O–H groups in total. The molecule has 0 rings (SSSR count). The summed E-state index contributed by atoms with van der Waals surface area (Å²) in [4.78, 5) is 22.3. The van der Waals surface area contributed by atoms with E-state index in [2.05, 4.69) is 6.92 Å². The molecule has 0 aromatic heterocycles. The van der Waals surface area contributed by atoms with Crippen LogP contribution in [0.4, 0.5) is 0 Å². The first-order valence-electron chi connectivity index (χ1n) is 6.72. The molecule has 0 aliphatic carbocycles. The molecule has 4 heteroatoms. The molecule has 0 saturated carbocycles. The van der Waals surface area contributed by atoms with Crippen LogP contribution in [-0.2, 0) is 19.1 Å². The van der Waals surface area contributed by atoms with Crippen LogP contribution in [0.5, 0.6) is 0 Å². The third kappa shape index (κ3) is 6.03. The van der Waals surface area contributed by atoms with Crippen molar-refractivity contribution in [2.45, 2.75) is 65.4 Å². The first-order valence-corrected chi connectivity index (χ1v) is 6.72. The molecule has 0 heterocycles. The van der Waals surface area contributed by atoms with Gasteiger partial charge < -0.3 is 9.47 Å². The number of carbonyl (C=O) groups excluding carboxylic acids is 2. The van der Waals surface area contributed by atoms with Gasteiger partial charge in [-0.25, -0.2) is 9.59 Å². The SMILES string of the molecule is CCCCC(C)(O[C]=O)C(=O)OCC(C)CCC. The number of ether oxygens (including phenoxy) is 2. The summed E-state index contributed by atoms with van der Waals surface area (Å²) in [5, 5.41) is 0. The van der Waals surface area contributed by atoms with E-state index in [0.717, 1.165) is 25.7 Å². The molecule has 0 saturated heterocycles. The zero-order valence-electron chi connectivity index (χ0n) is 12.0. The highest BCUT2D eigenvalue weighted by Gasteiger charge is 2.36. The summed E-state index contributed by atoms with van der Waals surface area (Å²) in [6.45, 7) is 9.46.